The molecule has 1 rings (SSSR count). The van der Waals surface area contributed by atoms with Crippen LogP contribution in [0, 0.1) is 0 Å². The van der Waals surface area contributed by atoms with Crippen LogP contribution >= 0.6 is 0 Å². The standard InChI is InChI=1S/C5H11NOS/c1-6-8(2,7)5-3-4-5/h5H,3-4H2,1-2H3/t8-/m1/s1. The average molecular weight is 133 g/mol. The summed E-state index contributed by atoms with van der Waals surface area (Å²) in [6.45, 7) is 0. The van der Waals surface area contributed by atoms with Crippen molar-refractivity contribution in [2.24, 2.45) is 4.36 Å². The van der Waals surface area contributed by atoms with Gasteiger partial charge in [0, 0.05) is 28.3 Å². The van der Waals surface area contributed by atoms with Crippen molar-refractivity contribution in [1.82, 2.24) is 0 Å². The van der Waals surface area contributed by atoms with Gasteiger partial charge in [-0.3, -0.25) is 0 Å². The van der Waals surface area contributed by atoms with Gasteiger partial charge in [-0.15, -0.1) is 0 Å². The summed E-state index contributed by atoms with van der Waals surface area (Å²) in [6, 6.07) is 0. The first kappa shape index (κ1) is 6.08. The van der Waals surface area contributed by atoms with Gasteiger partial charge in [-0.1, -0.05) is 0 Å². The highest BCUT2D eigenvalue weighted by Gasteiger charge is 2.29. The zero-order valence-corrected chi connectivity index (χ0v) is 6.07. The predicted octanol–water partition coefficient (Wildman–Crippen LogP) is 0.876. The summed E-state index contributed by atoms with van der Waals surface area (Å²) < 4.78 is 15.0. The largest absolute Gasteiger partial charge is 0.250 e. The average Bonchev–Trinajstić information content (AvgIpc) is 2.44. The van der Waals surface area contributed by atoms with Crippen LogP contribution in [-0.2, 0) is 9.73 Å². The second-order valence-electron chi connectivity index (χ2n) is 2.24. The van der Waals surface area contributed by atoms with Crippen molar-refractivity contribution in [1.29, 1.82) is 0 Å². The van der Waals surface area contributed by atoms with Crippen molar-refractivity contribution in [3.05, 3.63) is 0 Å². The Kier molecular flexibility index (Phi) is 1.31. The summed E-state index contributed by atoms with van der Waals surface area (Å²) in [6.07, 6.45) is 3.98. The molecule has 1 saturated carbocycles. The second kappa shape index (κ2) is 1.72. The molecule has 1 aliphatic rings. The van der Waals surface area contributed by atoms with Crippen LogP contribution in [0.2, 0.25) is 0 Å². The Balaban J connectivity index is 2.80. The first-order valence-electron chi connectivity index (χ1n) is 2.76. The highest BCUT2D eigenvalue weighted by Crippen LogP contribution is 2.28. The summed E-state index contributed by atoms with van der Waals surface area (Å²) >= 11 is 0. The smallest absolute Gasteiger partial charge is 0.0464 e. The van der Waals surface area contributed by atoms with Crippen molar-refractivity contribution in [2.45, 2.75) is 18.1 Å². The molecule has 0 aromatic heterocycles. The molecule has 0 radical (unpaired) electrons. The minimum absolute atomic E-state index is 0.424. The van der Waals surface area contributed by atoms with Crippen molar-refractivity contribution in [3.63, 3.8) is 0 Å². The minimum atomic E-state index is -1.75. The fourth-order valence-corrected chi connectivity index (χ4v) is 1.96. The summed E-state index contributed by atoms with van der Waals surface area (Å²) in [5.74, 6) is 0. The molecule has 0 unspecified atom stereocenters. The zero-order chi connectivity index (χ0) is 6.20. The molecular formula is C5H11NOS. The van der Waals surface area contributed by atoms with Crippen LogP contribution in [0.5, 0.6) is 0 Å². The van der Waals surface area contributed by atoms with Crippen LogP contribution in [0.15, 0.2) is 4.36 Å². The first-order valence-corrected chi connectivity index (χ1v) is 4.74. The Hall–Kier alpha value is -0.0500. The van der Waals surface area contributed by atoms with E-state index in [4.69, 9.17) is 0 Å². The minimum Gasteiger partial charge on any atom is -0.250 e. The van der Waals surface area contributed by atoms with Gasteiger partial charge in [0.2, 0.25) is 0 Å². The van der Waals surface area contributed by atoms with E-state index in [2.05, 4.69) is 4.36 Å². The maximum Gasteiger partial charge on any atom is 0.0464 e. The number of rotatable bonds is 1. The lowest BCUT2D eigenvalue weighted by Gasteiger charge is -1.94. The summed E-state index contributed by atoms with van der Waals surface area (Å²) in [5.41, 5.74) is 0. The predicted molar refractivity (Wildman–Crippen MR) is 35.4 cm³/mol. The maximum absolute atomic E-state index is 11.2. The third kappa shape index (κ3) is 1.02. The van der Waals surface area contributed by atoms with E-state index in [-0.39, 0.29) is 0 Å². The second-order valence-corrected chi connectivity index (χ2v) is 5.00. The van der Waals surface area contributed by atoms with Gasteiger partial charge in [0.15, 0.2) is 0 Å². The van der Waals surface area contributed by atoms with Gasteiger partial charge in [0.05, 0.1) is 0 Å². The third-order valence-corrected chi connectivity index (χ3v) is 3.94. The molecule has 0 amide bonds. The van der Waals surface area contributed by atoms with Gasteiger partial charge in [-0.25, -0.2) is 8.57 Å². The van der Waals surface area contributed by atoms with E-state index in [1.807, 2.05) is 0 Å². The Morgan fingerprint density at radius 3 is 2.25 bits per heavy atom. The van der Waals surface area contributed by atoms with E-state index in [1.54, 1.807) is 13.3 Å². The molecule has 0 bridgehead atoms. The number of nitrogens with zero attached hydrogens (tertiary/aromatic N) is 1. The molecular weight excluding hydrogens is 122 g/mol. The summed E-state index contributed by atoms with van der Waals surface area (Å²) in [5, 5.41) is 0.424. The summed E-state index contributed by atoms with van der Waals surface area (Å²) in [7, 11) is -0.110. The van der Waals surface area contributed by atoms with E-state index < -0.39 is 9.73 Å². The quantitative estimate of drug-likeness (QED) is 0.522. The van der Waals surface area contributed by atoms with E-state index in [1.165, 1.54) is 0 Å². The highest BCUT2D eigenvalue weighted by molar-refractivity contribution is 7.93. The van der Waals surface area contributed by atoms with Crippen molar-refractivity contribution in [3.8, 4) is 0 Å². The van der Waals surface area contributed by atoms with Crippen molar-refractivity contribution >= 4 is 9.73 Å². The molecule has 0 aromatic carbocycles. The fourth-order valence-electron chi connectivity index (χ4n) is 0.654. The molecule has 8 heavy (non-hydrogen) atoms. The first-order chi connectivity index (χ1) is 3.67. The molecule has 1 atom stereocenters. The fraction of sp³-hybridized carbons (Fsp3) is 1.00. The lowest BCUT2D eigenvalue weighted by atomic mass is 11.0. The molecule has 2 nitrogen and oxygen atoms in total. The van der Waals surface area contributed by atoms with Crippen molar-refractivity contribution < 1.29 is 4.21 Å². The number of hydrogen-bond donors (Lipinski definition) is 0. The molecule has 3 heteroatoms. The van der Waals surface area contributed by atoms with Gasteiger partial charge in [0.25, 0.3) is 0 Å². The lowest BCUT2D eigenvalue weighted by Crippen LogP contribution is -2.01. The van der Waals surface area contributed by atoms with Crippen LogP contribution < -0.4 is 0 Å². The Morgan fingerprint density at radius 1 is 1.62 bits per heavy atom. The topological polar surface area (TPSA) is 29.4 Å². The van der Waals surface area contributed by atoms with Crippen LogP contribution in [0.25, 0.3) is 0 Å². The highest BCUT2D eigenvalue weighted by atomic mass is 32.2. The van der Waals surface area contributed by atoms with Crippen LogP contribution in [-0.4, -0.2) is 22.8 Å². The van der Waals surface area contributed by atoms with Crippen molar-refractivity contribution in [2.75, 3.05) is 13.3 Å². The van der Waals surface area contributed by atoms with Gasteiger partial charge >= 0.3 is 0 Å². The molecule has 0 spiro atoms. The Bertz CT molecular complexity index is 187. The van der Waals surface area contributed by atoms with Gasteiger partial charge < -0.3 is 0 Å². The zero-order valence-electron chi connectivity index (χ0n) is 5.26. The molecule has 0 aliphatic heterocycles. The van der Waals surface area contributed by atoms with E-state index in [0.717, 1.165) is 12.8 Å². The van der Waals surface area contributed by atoms with E-state index in [0.29, 0.717) is 5.25 Å². The third-order valence-electron chi connectivity index (χ3n) is 1.51. The lowest BCUT2D eigenvalue weighted by molar-refractivity contribution is 0.679. The maximum atomic E-state index is 11.2. The summed E-state index contributed by atoms with van der Waals surface area (Å²) in [4.78, 5) is 0. The van der Waals surface area contributed by atoms with Gasteiger partial charge in [-0.2, -0.15) is 0 Å². The number of hydrogen-bond acceptors (Lipinski definition) is 2. The van der Waals surface area contributed by atoms with Crippen LogP contribution in [0.3, 0.4) is 0 Å². The Morgan fingerprint density at radius 2 is 2.12 bits per heavy atom. The normalized spacial score (nSPS) is 26.8. The molecule has 1 fully saturated rings. The molecule has 0 saturated heterocycles. The molecule has 0 heterocycles. The molecule has 0 N–H and O–H groups in total. The van der Waals surface area contributed by atoms with Crippen LogP contribution in [0.1, 0.15) is 12.8 Å². The Labute approximate surface area is 50.5 Å². The monoisotopic (exact) mass is 133 g/mol. The van der Waals surface area contributed by atoms with Crippen LogP contribution in [0.4, 0.5) is 0 Å². The molecule has 48 valence electrons. The van der Waals surface area contributed by atoms with Gasteiger partial charge in [0.1, 0.15) is 0 Å². The SMILES string of the molecule is CN=[S@](C)(=O)C1CC1. The van der Waals surface area contributed by atoms with Gasteiger partial charge in [-0.05, 0) is 12.8 Å². The molecule has 1 aliphatic carbocycles. The molecule has 0 aromatic rings. The van der Waals surface area contributed by atoms with E-state index >= 15 is 0 Å². The van der Waals surface area contributed by atoms with E-state index in [9.17, 15) is 4.21 Å².